The van der Waals surface area contributed by atoms with Gasteiger partial charge in [0.25, 0.3) is 0 Å². The highest BCUT2D eigenvalue weighted by Gasteiger charge is 2.46. The Hall–Kier alpha value is -1.91. The molecule has 3 aliphatic rings. The average molecular weight is 325 g/mol. The van der Waals surface area contributed by atoms with E-state index < -0.39 is 6.10 Å². The Balaban J connectivity index is 1.73. The van der Waals surface area contributed by atoms with Gasteiger partial charge in [0.1, 0.15) is 5.75 Å². The van der Waals surface area contributed by atoms with Gasteiger partial charge in [0, 0.05) is 29.8 Å². The van der Waals surface area contributed by atoms with E-state index in [1.807, 2.05) is 24.3 Å². The quantitative estimate of drug-likeness (QED) is 0.840. The molecule has 2 bridgehead atoms. The molecule has 3 saturated heterocycles. The van der Waals surface area contributed by atoms with Gasteiger partial charge in [0.05, 0.1) is 38.4 Å². The Morgan fingerprint density at radius 3 is 3.00 bits per heavy atom. The van der Waals surface area contributed by atoms with Crippen molar-refractivity contribution in [3.8, 4) is 5.75 Å². The summed E-state index contributed by atoms with van der Waals surface area (Å²) >= 11 is 0. The van der Waals surface area contributed by atoms with Crippen molar-refractivity contribution in [3.05, 3.63) is 48.7 Å². The van der Waals surface area contributed by atoms with Gasteiger partial charge < -0.3 is 14.7 Å². The summed E-state index contributed by atoms with van der Waals surface area (Å²) in [6.07, 6.45) is 4.61. The molecule has 5 atom stereocenters. The standard InChI is InChI=1S/C20H24N2O2/c1-3-13-11-22-9-7-15(13)18(12-22)20(23)16-6-8-21-19-5-4-14(24-2)10-17(16)19/h3-6,8,10,13,15,18,20,23H,1,7,9,11-12H2,2H3/p+1/t13-,15+,18-,20-/m0/s1. The highest BCUT2D eigenvalue weighted by Crippen LogP contribution is 2.39. The van der Waals surface area contributed by atoms with Gasteiger partial charge in [-0.2, -0.15) is 0 Å². The van der Waals surface area contributed by atoms with E-state index in [-0.39, 0.29) is 5.92 Å². The molecular weight excluding hydrogens is 300 g/mol. The molecule has 1 aromatic carbocycles. The minimum absolute atomic E-state index is 0.280. The average Bonchev–Trinajstić information content (AvgIpc) is 2.66. The van der Waals surface area contributed by atoms with Crippen molar-refractivity contribution in [2.75, 3.05) is 26.7 Å². The molecule has 0 amide bonds. The van der Waals surface area contributed by atoms with Crippen molar-refractivity contribution in [3.63, 3.8) is 0 Å². The summed E-state index contributed by atoms with van der Waals surface area (Å²) in [5.74, 6) is 2.13. The van der Waals surface area contributed by atoms with E-state index >= 15 is 0 Å². The molecule has 4 heterocycles. The minimum Gasteiger partial charge on any atom is -0.497 e. The van der Waals surface area contributed by atoms with Gasteiger partial charge in [0.15, 0.2) is 0 Å². The third kappa shape index (κ3) is 2.50. The molecule has 3 aliphatic heterocycles. The summed E-state index contributed by atoms with van der Waals surface area (Å²) in [5.41, 5.74) is 1.88. The normalized spacial score (nSPS) is 30.2. The van der Waals surface area contributed by atoms with Crippen LogP contribution in [-0.2, 0) is 0 Å². The maximum Gasteiger partial charge on any atom is 0.119 e. The van der Waals surface area contributed by atoms with E-state index in [1.54, 1.807) is 18.2 Å². The van der Waals surface area contributed by atoms with Gasteiger partial charge in [-0.25, -0.2) is 0 Å². The maximum atomic E-state index is 11.2. The summed E-state index contributed by atoms with van der Waals surface area (Å²) in [6.45, 7) is 7.46. The summed E-state index contributed by atoms with van der Waals surface area (Å²) < 4.78 is 5.36. The Morgan fingerprint density at radius 2 is 2.25 bits per heavy atom. The Morgan fingerprint density at radius 1 is 1.38 bits per heavy atom. The number of nitrogens with zero attached hydrogens (tertiary/aromatic N) is 1. The van der Waals surface area contributed by atoms with Crippen molar-refractivity contribution in [1.82, 2.24) is 4.98 Å². The summed E-state index contributed by atoms with van der Waals surface area (Å²) in [7, 11) is 1.67. The second kappa shape index (κ2) is 6.19. The number of hydrogen-bond donors (Lipinski definition) is 2. The molecule has 3 fully saturated rings. The fourth-order valence-corrected chi connectivity index (χ4v) is 4.74. The number of aromatic nitrogens is 1. The maximum absolute atomic E-state index is 11.2. The lowest BCUT2D eigenvalue weighted by Gasteiger charge is -2.47. The summed E-state index contributed by atoms with van der Waals surface area (Å²) in [5, 5.41) is 12.2. The summed E-state index contributed by atoms with van der Waals surface area (Å²) in [6, 6.07) is 7.82. The van der Waals surface area contributed by atoms with Gasteiger partial charge in [0.2, 0.25) is 0 Å². The van der Waals surface area contributed by atoms with Crippen LogP contribution in [0.25, 0.3) is 10.9 Å². The number of aliphatic hydroxyl groups is 1. The molecule has 4 heteroatoms. The predicted molar refractivity (Wildman–Crippen MR) is 94.1 cm³/mol. The number of fused-ring (bicyclic) bond motifs is 4. The third-order valence-electron chi connectivity index (χ3n) is 5.99. The smallest absolute Gasteiger partial charge is 0.119 e. The topological polar surface area (TPSA) is 46.8 Å². The molecule has 0 aliphatic carbocycles. The first-order valence-corrected chi connectivity index (χ1v) is 8.78. The minimum atomic E-state index is -0.467. The molecule has 24 heavy (non-hydrogen) atoms. The largest absolute Gasteiger partial charge is 0.497 e. The van der Waals surface area contributed by atoms with Crippen LogP contribution in [0.2, 0.25) is 0 Å². The highest BCUT2D eigenvalue weighted by atomic mass is 16.5. The van der Waals surface area contributed by atoms with Crippen LogP contribution in [0.15, 0.2) is 43.1 Å². The first-order chi connectivity index (χ1) is 11.7. The Kier molecular flexibility index (Phi) is 4.02. The van der Waals surface area contributed by atoms with Gasteiger partial charge in [-0.1, -0.05) is 6.08 Å². The molecule has 4 nitrogen and oxygen atoms in total. The lowest BCUT2D eigenvalue weighted by molar-refractivity contribution is -0.925. The molecule has 0 spiro atoms. The van der Waals surface area contributed by atoms with E-state index in [2.05, 4.69) is 17.6 Å². The number of benzene rings is 1. The molecule has 5 rings (SSSR count). The monoisotopic (exact) mass is 325 g/mol. The van der Waals surface area contributed by atoms with E-state index in [4.69, 9.17) is 4.74 Å². The van der Waals surface area contributed by atoms with Crippen LogP contribution in [0.3, 0.4) is 0 Å². The molecule has 126 valence electrons. The third-order valence-corrected chi connectivity index (χ3v) is 5.99. The van der Waals surface area contributed by atoms with Crippen LogP contribution in [0.5, 0.6) is 5.75 Å². The van der Waals surface area contributed by atoms with Crippen LogP contribution in [-0.4, -0.2) is 36.8 Å². The second-order valence-electron chi connectivity index (χ2n) is 7.15. The van der Waals surface area contributed by atoms with Crippen molar-refractivity contribution < 1.29 is 14.7 Å². The van der Waals surface area contributed by atoms with Crippen molar-refractivity contribution in [1.29, 1.82) is 0 Å². The van der Waals surface area contributed by atoms with Crippen molar-refractivity contribution in [2.24, 2.45) is 17.8 Å². The first-order valence-electron chi connectivity index (χ1n) is 8.78. The van der Waals surface area contributed by atoms with Crippen LogP contribution in [0.4, 0.5) is 0 Å². The Bertz CT molecular complexity index is 760. The number of piperidine rings is 3. The number of aliphatic hydroxyl groups excluding tert-OH is 1. The van der Waals surface area contributed by atoms with Crippen LogP contribution >= 0.6 is 0 Å². The number of hydrogen-bond acceptors (Lipinski definition) is 3. The SMILES string of the molecule is C=C[C@H]1C[NH+]2CC[C@H]1[C@@H]([C@@H](O)c1ccnc3ccc(OC)cc13)C2. The van der Waals surface area contributed by atoms with E-state index in [0.717, 1.165) is 28.8 Å². The van der Waals surface area contributed by atoms with E-state index in [9.17, 15) is 5.11 Å². The predicted octanol–water partition coefficient (Wildman–Crippen LogP) is 1.61. The zero-order chi connectivity index (χ0) is 16.7. The Labute approximate surface area is 142 Å². The number of methoxy groups -OCH3 is 1. The molecule has 0 saturated carbocycles. The van der Waals surface area contributed by atoms with Gasteiger partial charge >= 0.3 is 0 Å². The molecule has 1 unspecified atom stereocenters. The molecular formula is C20H25N2O2+. The van der Waals surface area contributed by atoms with E-state index in [0.29, 0.717) is 11.8 Å². The highest BCUT2D eigenvalue weighted by molar-refractivity contribution is 5.83. The molecule has 0 radical (unpaired) electrons. The first kappa shape index (κ1) is 15.6. The van der Waals surface area contributed by atoms with Crippen LogP contribution in [0.1, 0.15) is 18.1 Å². The van der Waals surface area contributed by atoms with Crippen molar-refractivity contribution in [2.45, 2.75) is 12.5 Å². The molecule has 2 N–H and O–H groups in total. The molecule has 2 aromatic rings. The number of pyridine rings is 1. The van der Waals surface area contributed by atoms with Crippen LogP contribution in [0, 0.1) is 17.8 Å². The second-order valence-corrected chi connectivity index (χ2v) is 7.15. The number of quaternary nitrogens is 1. The fourth-order valence-electron chi connectivity index (χ4n) is 4.74. The summed E-state index contributed by atoms with van der Waals surface area (Å²) in [4.78, 5) is 6.04. The number of rotatable bonds is 4. The van der Waals surface area contributed by atoms with Crippen molar-refractivity contribution >= 4 is 10.9 Å². The molecule has 1 aromatic heterocycles. The van der Waals surface area contributed by atoms with Gasteiger partial charge in [-0.3, -0.25) is 4.98 Å². The zero-order valence-electron chi connectivity index (χ0n) is 14.1. The van der Waals surface area contributed by atoms with Gasteiger partial charge in [-0.15, -0.1) is 6.58 Å². The number of nitrogens with one attached hydrogen (secondary N) is 1. The zero-order valence-corrected chi connectivity index (χ0v) is 14.1. The fraction of sp³-hybridized carbons (Fsp3) is 0.450. The van der Waals surface area contributed by atoms with Gasteiger partial charge in [-0.05, 0) is 35.7 Å². The number of ether oxygens (including phenoxy) is 1. The van der Waals surface area contributed by atoms with Crippen LogP contribution < -0.4 is 9.64 Å². The lowest BCUT2D eigenvalue weighted by atomic mass is 9.69. The van der Waals surface area contributed by atoms with E-state index in [1.165, 1.54) is 19.5 Å². The lowest BCUT2D eigenvalue weighted by Crippen LogP contribution is -3.17.